The second-order valence-corrected chi connectivity index (χ2v) is 7.01. The molecule has 0 radical (unpaired) electrons. The van der Waals surface area contributed by atoms with E-state index in [4.69, 9.17) is 4.52 Å². The lowest BCUT2D eigenvalue weighted by atomic mass is 10.1. The van der Waals surface area contributed by atoms with Crippen molar-refractivity contribution in [2.24, 2.45) is 0 Å². The van der Waals surface area contributed by atoms with Crippen LogP contribution in [0.25, 0.3) is 10.9 Å². The molecule has 0 fully saturated rings. The molecule has 0 saturated heterocycles. The largest absolute Gasteiger partial charge is 0.361 e. The zero-order chi connectivity index (χ0) is 16.6. The van der Waals surface area contributed by atoms with Crippen molar-refractivity contribution in [3.05, 3.63) is 47.2 Å². The van der Waals surface area contributed by atoms with Crippen LogP contribution in [-0.4, -0.2) is 25.1 Å². The number of hydrogen-bond donors (Lipinski definition) is 2. The average Bonchev–Trinajstić information content (AvgIpc) is 3.02. The van der Waals surface area contributed by atoms with Crippen LogP contribution in [0.15, 0.2) is 33.8 Å². The van der Waals surface area contributed by atoms with Crippen LogP contribution in [-0.2, 0) is 16.4 Å². The van der Waals surface area contributed by atoms with Gasteiger partial charge in [-0.2, -0.15) is 0 Å². The normalized spacial score (nSPS) is 12.1. The minimum absolute atomic E-state index is 0.0819. The molecule has 0 atom stereocenters. The molecule has 0 bridgehead atoms. The third-order valence-corrected chi connectivity index (χ3v) is 5.36. The topological polar surface area (TPSA) is 88.0 Å². The highest BCUT2D eigenvalue weighted by Gasteiger charge is 2.23. The van der Waals surface area contributed by atoms with Gasteiger partial charge in [0, 0.05) is 23.6 Å². The summed E-state index contributed by atoms with van der Waals surface area (Å²) >= 11 is 0. The van der Waals surface area contributed by atoms with Crippen LogP contribution in [0, 0.1) is 19.7 Å². The van der Waals surface area contributed by atoms with Crippen LogP contribution in [0.3, 0.4) is 0 Å². The number of H-pyrrole nitrogens is 1. The van der Waals surface area contributed by atoms with Gasteiger partial charge in [-0.05, 0) is 44.0 Å². The number of aromatic amines is 1. The minimum atomic E-state index is -3.67. The fourth-order valence-corrected chi connectivity index (χ4v) is 3.97. The van der Waals surface area contributed by atoms with E-state index in [0.29, 0.717) is 17.6 Å². The van der Waals surface area contributed by atoms with Gasteiger partial charge in [0.15, 0.2) is 5.76 Å². The number of benzene rings is 1. The zero-order valence-corrected chi connectivity index (χ0v) is 13.5. The Morgan fingerprint density at radius 1 is 1.35 bits per heavy atom. The Labute approximate surface area is 132 Å². The lowest BCUT2D eigenvalue weighted by molar-refractivity contribution is 0.390. The van der Waals surface area contributed by atoms with Gasteiger partial charge in [-0.3, -0.25) is 0 Å². The Balaban J connectivity index is 1.74. The van der Waals surface area contributed by atoms with Crippen molar-refractivity contribution < 1.29 is 17.3 Å². The van der Waals surface area contributed by atoms with Gasteiger partial charge in [-0.1, -0.05) is 5.16 Å². The number of nitrogens with one attached hydrogen (secondary N) is 2. The molecule has 3 aromatic rings. The number of aromatic nitrogens is 2. The number of hydrogen-bond acceptors (Lipinski definition) is 4. The average molecular weight is 337 g/mol. The van der Waals surface area contributed by atoms with Crippen molar-refractivity contribution in [1.82, 2.24) is 14.9 Å². The summed E-state index contributed by atoms with van der Waals surface area (Å²) in [7, 11) is -3.67. The molecule has 0 aliphatic carbocycles. The summed E-state index contributed by atoms with van der Waals surface area (Å²) in [5.74, 6) is -0.0532. The van der Waals surface area contributed by atoms with Crippen LogP contribution in [0.1, 0.15) is 17.0 Å². The predicted molar refractivity (Wildman–Crippen MR) is 83.1 cm³/mol. The van der Waals surface area contributed by atoms with Crippen LogP contribution in [0.5, 0.6) is 0 Å². The number of fused-ring (bicyclic) bond motifs is 1. The fourth-order valence-electron chi connectivity index (χ4n) is 2.62. The molecule has 2 N–H and O–H groups in total. The molecule has 0 saturated carbocycles. The van der Waals surface area contributed by atoms with E-state index < -0.39 is 10.0 Å². The lowest BCUT2D eigenvalue weighted by Crippen LogP contribution is -2.26. The minimum Gasteiger partial charge on any atom is -0.361 e. The Bertz CT molecular complexity index is 940. The summed E-state index contributed by atoms with van der Waals surface area (Å²) in [5.41, 5.74) is 1.94. The SMILES string of the molecule is Cc1noc(C)c1S(=O)(=O)NCCc1c[nH]c2cc(F)ccc12. The number of halogens is 1. The maximum Gasteiger partial charge on any atom is 0.245 e. The molecule has 6 nitrogen and oxygen atoms in total. The molecule has 2 heterocycles. The molecule has 122 valence electrons. The van der Waals surface area contributed by atoms with Crippen LogP contribution in [0.4, 0.5) is 4.39 Å². The molecule has 0 unspecified atom stereocenters. The first-order valence-electron chi connectivity index (χ1n) is 7.06. The molecular weight excluding hydrogens is 321 g/mol. The summed E-state index contributed by atoms with van der Waals surface area (Å²) in [5, 5.41) is 4.53. The molecule has 0 amide bonds. The Morgan fingerprint density at radius 2 is 2.13 bits per heavy atom. The van der Waals surface area contributed by atoms with Gasteiger partial charge in [0.05, 0.1) is 0 Å². The standard InChI is InChI=1S/C15H16FN3O3S/c1-9-15(10(2)22-19-9)23(20,21)18-6-5-11-8-17-14-7-12(16)3-4-13(11)14/h3-4,7-8,17-18H,5-6H2,1-2H3. The highest BCUT2D eigenvalue weighted by molar-refractivity contribution is 7.89. The fraction of sp³-hybridized carbons (Fsp3) is 0.267. The summed E-state index contributed by atoms with van der Waals surface area (Å²) in [6.45, 7) is 3.36. The zero-order valence-electron chi connectivity index (χ0n) is 12.7. The molecule has 8 heteroatoms. The molecule has 2 aromatic heterocycles. The van der Waals surface area contributed by atoms with E-state index in [9.17, 15) is 12.8 Å². The summed E-state index contributed by atoms with van der Waals surface area (Å²) in [6.07, 6.45) is 2.24. The Hall–Kier alpha value is -2.19. The van der Waals surface area contributed by atoms with E-state index in [-0.39, 0.29) is 23.0 Å². The van der Waals surface area contributed by atoms with Crippen molar-refractivity contribution in [2.45, 2.75) is 25.2 Å². The number of rotatable bonds is 5. The maximum absolute atomic E-state index is 13.2. The van der Waals surface area contributed by atoms with E-state index in [0.717, 1.165) is 10.9 Å². The summed E-state index contributed by atoms with van der Waals surface area (Å²) < 4.78 is 45.2. The summed E-state index contributed by atoms with van der Waals surface area (Å²) in [4.78, 5) is 3.06. The van der Waals surface area contributed by atoms with Gasteiger partial charge in [-0.15, -0.1) is 0 Å². The second-order valence-electron chi connectivity index (χ2n) is 5.30. The smallest absolute Gasteiger partial charge is 0.245 e. The molecule has 0 aliphatic heterocycles. The molecule has 0 spiro atoms. The van der Waals surface area contributed by atoms with Crippen molar-refractivity contribution >= 4 is 20.9 Å². The Kier molecular flexibility index (Phi) is 3.95. The van der Waals surface area contributed by atoms with Crippen molar-refractivity contribution in [3.8, 4) is 0 Å². The Morgan fingerprint density at radius 3 is 2.83 bits per heavy atom. The van der Waals surface area contributed by atoms with Crippen molar-refractivity contribution in [2.75, 3.05) is 6.54 Å². The lowest BCUT2D eigenvalue weighted by Gasteiger charge is -2.05. The summed E-state index contributed by atoms with van der Waals surface area (Å²) in [6, 6.07) is 4.47. The first-order chi connectivity index (χ1) is 10.9. The van der Waals surface area contributed by atoms with Gasteiger partial charge < -0.3 is 9.51 Å². The van der Waals surface area contributed by atoms with E-state index in [1.54, 1.807) is 26.1 Å². The molecule has 0 aliphatic rings. The predicted octanol–water partition coefficient (Wildman–Crippen LogP) is 2.43. The number of sulfonamides is 1. The van der Waals surface area contributed by atoms with E-state index in [1.807, 2.05) is 0 Å². The highest BCUT2D eigenvalue weighted by Crippen LogP contribution is 2.21. The monoisotopic (exact) mass is 337 g/mol. The third-order valence-electron chi connectivity index (χ3n) is 3.65. The molecular formula is C15H16FN3O3S. The quantitative estimate of drug-likeness (QED) is 0.748. The van der Waals surface area contributed by atoms with E-state index >= 15 is 0 Å². The first kappa shape index (κ1) is 15.7. The van der Waals surface area contributed by atoms with Crippen LogP contribution < -0.4 is 4.72 Å². The van der Waals surface area contributed by atoms with Gasteiger partial charge in [0.2, 0.25) is 10.0 Å². The highest BCUT2D eigenvalue weighted by atomic mass is 32.2. The van der Waals surface area contributed by atoms with Crippen molar-refractivity contribution in [3.63, 3.8) is 0 Å². The van der Waals surface area contributed by atoms with Crippen LogP contribution >= 0.6 is 0 Å². The maximum atomic E-state index is 13.2. The van der Waals surface area contributed by atoms with Gasteiger partial charge in [0.25, 0.3) is 0 Å². The number of nitrogens with zero attached hydrogens (tertiary/aromatic N) is 1. The first-order valence-corrected chi connectivity index (χ1v) is 8.55. The van der Waals surface area contributed by atoms with E-state index in [2.05, 4.69) is 14.9 Å². The third kappa shape index (κ3) is 2.99. The van der Waals surface area contributed by atoms with Gasteiger partial charge >= 0.3 is 0 Å². The second kappa shape index (κ2) is 5.78. The molecule has 3 rings (SSSR count). The van der Waals surface area contributed by atoms with Gasteiger partial charge in [0.1, 0.15) is 16.4 Å². The van der Waals surface area contributed by atoms with Crippen molar-refractivity contribution in [1.29, 1.82) is 0 Å². The molecule has 23 heavy (non-hydrogen) atoms. The van der Waals surface area contributed by atoms with Crippen LogP contribution in [0.2, 0.25) is 0 Å². The molecule has 1 aromatic carbocycles. The van der Waals surface area contributed by atoms with E-state index in [1.165, 1.54) is 12.1 Å². The van der Waals surface area contributed by atoms with Gasteiger partial charge in [-0.25, -0.2) is 17.5 Å². The number of aryl methyl sites for hydroxylation is 2.